The van der Waals surface area contributed by atoms with Crippen molar-refractivity contribution in [1.29, 1.82) is 0 Å². The van der Waals surface area contributed by atoms with Gasteiger partial charge in [-0.05, 0) is 37.1 Å². The maximum absolute atomic E-state index is 12.6. The van der Waals surface area contributed by atoms with Gasteiger partial charge in [-0.25, -0.2) is 0 Å². The summed E-state index contributed by atoms with van der Waals surface area (Å²) in [6, 6.07) is 11.7. The van der Waals surface area contributed by atoms with E-state index in [-0.39, 0.29) is 5.43 Å². The van der Waals surface area contributed by atoms with E-state index in [0.717, 1.165) is 30.1 Å². The van der Waals surface area contributed by atoms with E-state index in [1.54, 1.807) is 11.3 Å². The Hall–Kier alpha value is -1.03. The Morgan fingerprint density at radius 2 is 1.82 bits per heavy atom. The van der Waals surface area contributed by atoms with Crippen LogP contribution in [0.1, 0.15) is 25.7 Å². The molecule has 3 aromatic rings. The van der Waals surface area contributed by atoms with Gasteiger partial charge in [0.25, 0.3) is 0 Å². The Morgan fingerprint density at radius 3 is 2.64 bits per heavy atom. The van der Waals surface area contributed by atoms with Gasteiger partial charge in [0.1, 0.15) is 0 Å². The third-order valence-corrected chi connectivity index (χ3v) is 7.47. The highest BCUT2D eigenvalue weighted by molar-refractivity contribution is 8.00. The summed E-state index contributed by atoms with van der Waals surface area (Å²) in [5, 5.41) is 2.95. The number of hydrogen-bond acceptors (Lipinski definition) is 3. The number of fused-ring (bicyclic) bond motifs is 2. The van der Waals surface area contributed by atoms with Crippen LogP contribution in [0.15, 0.2) is 46.1 Å². The Balaban J connectivity index is 1.90. The molecule has 1 aliphatic rings. The van der Waals surface area contributed by atoms with Crippen LogP contribution in [0.5, 0.6) is 0 Å². The van der Waals surface area contributed by atoms with Crippen LogP contribution < -0.4 is 5.43 Å². The SMILES string of the molecule is O=c1c2ccccc2sc2c(Cl)c(SC3CCCC3)ccc12. The normalized spacial score (nSPS) is 15.9. The molecule has 0 saturated heterocycles. The first-order valence-corrected chi connectivity index (χ1v) is 9.62. The van der Waals surface area contributed by atoms with Crippen LogP contribution in [-0.2, 0) is 0 Å². The molecule has 1 aromatic heterocycles. The predicted molar refractivity (Wildman–Crippen MR) is 98.7 cm³/mol. The summed E-state index contributed by atoms with van der Waals surface area (Å²) in [7, 11) is 0. The fourth-order valence-electron chi connectivity index (χ4n) is 3.09. The number of thioether (sulfide) groups is 1. The van der Waals surface area contributed by atoms with Gasteiger partial charge in [0.15, 0.2) is 5.43 Å². The fraction of sp³-hybridized carbons (Fsp3) is 0.278. The first-order valence-electron chi connectivity index (χ1n) is 7.55. The molecular formula is C18H15ClOS2. The minimum absolute atomic E-state index is 0.0867. The van der Waals surface area contributed by atoms with Gasteiger partial charge in [-0.3, -0.25) is 4.79 Å². The summed E-state index contributed by atoms with van der Waals surface area (Å²) in [5.74, 6) is 0. The zero-order valence-electron chi connectivity index (χ0n) is 12.0. The van der Waals surface area contributed by atoms with E-state index >= 15 is 0 Å². The molecule has 0 amide bonds. The summed E-state index contributed by atoms with van der Waals surface area (Å²) >= 11 is 10.1. The molecule has 22 heavy (non-hydrogen) atoms. The Kier molecular flexibility index (Phi) is 3.89. The molecule has 0 aliphatic heterocycles. The van der Waals surface area contributed by atoms with E-state index in [1.165, 1.54) is 25.7 Å². The molecule has 0 unspecified atom stereocenters. The summed E-state index contributed by atoms with van der Waals surface area (Å²) in [4.78, 5) is 13.8. The van der Waals surface area contributed by atoms with Crippen LogP contribution in [0.2, 0.25) is 5.02 Å². The molecule has 1 aliphatic carbocycles. The number of halogens is 1. The molecule has 4 heteroatoms. The van der Waals surface area contributed by atoms with E-state index in [2.05, 4.69) is 0 Å². The lowest BCUT2D eigenvalue weighted by Gasteiger charge is -2.12. The Labute approximate surface area is 142 Å². The largest absolute Gasteiger partial charge is 0.289 e. The average molecular weight is 347 g/mol. The highest BCUT2D eigenvalue weighted by Crippen LogP contribution is 2.41. The van der Waals surface area contributed by atoms with Crippen molar-refractivity contribution in [3.63, 3.8) is 0 Å². The zero-order valence-corrected chi connectivity index (χ0v) is 14.4. The molecular weight excluding hydrogens is 332 g/mol. The molecule has 0 radical (unpaired) electrons. The third-order valence-electron chi connectivity index (χ3n) is 4.25. The second-order valence-corrected chi connectivity index (χ2v) is 8.48. The van der Waals surface area contributed by atoms with Gasteiger partial charge in [-0.15, -0.1) is 23.1 Å². The van der Waals surface area contributed by atoms with Crippen molar-refractivity contribution in [2.45, 2.75) is 35.8 Å². The minimum atomic E-state index is 0.0867. The number of benzene rings is 2. The monoisotopic (exact) mass is 346 g/mol. The molecule has 112 valence electrons. The molecule has 0 bridgehead atoms. The van der Waals surface area contributed by atoms with Crippen LogP contribution in [0.3, 0.4) is 0 Å². The highest BCUT2D eigenvalue weighted by atomic mass is 35.5. The van der Waals surface area contributed by atoms with Gasteiger partial charge >= 0.3 is 0 Å². The van der Waals surface area contributed by atoms with Crippen molar-refractivity contribution in [1.82, 2.24) is 0 Å². The van der Waals surface area contributed by atoms with Crippen LogP contribution in [-0.4, -0.2) is 5.25 Å². The van der Waals surface area contributed by atoms with Crippen molar-refractivity contribution in [3.8, 4) is 0 Å². The summed E-state index contributed by atoms with van der Waals surface area (Å²) in [6.07, 6.45) is 5.18. The van der Waals surface area contributed by atoms with Crippen molar-refractivity contribution in [2.75, 3.05) is 0 Å². The molecule has 1 nitrogen and oxygen atoms in total. The van der Waals surface area contributed by atoms with Gasteiger partial charge in [0.05, 0.1) is 9.72 Å². The van der Waals surface area contributed by atoms with Gasteiger partial charge in [0.2, 0.25) is 0 Å². The first-order chi connectivity index (χ1) is 10.7. The summed E-state index contributed by atoms with van der Waals surface area (Å²) < 4.78 is 1.93. The molecule has 0 atom stereocenters. The summed E-state index contributed by atoms with van der Waals surface area (Å²) in [6.45, 7) is 0. The highest BCUT2D eigenvalue weighted by Gasteiger charge is 2.19. The quantitative estimate of drug-likeness (QED) is 0.521. The van der Waals surface area contributed by atoms with Crippen LogP contribution in [0, 0.1) is 0 Å². The third kappa shape index (κ3) is 2.45. The van der Waals surface area contributed by atoms with E-state index < -0.39 is 0 Å². The van der Waals surface area contributed by atoms with Crippen LogP contribution in [0.25, 0.3) is 20.2 Å². The second kappa shape index (κ2) is 5.88. The Morgan fingerprint density at radius 1 is 1.05 bits per heavy atom. The fourth-order valence-corrected chi connectivity index (χ4v) is 5.96. The van der Waals surface area contributed by atoms with E-state index in [4.69, 9.17) is 11.6 Å². The van der Waals surface area contributed by atoms with Gasteiger partial charge in [-0.2, -0.15) is 0 Å². The lowest BCUT2D eigenvalue weighted by molar-refractivity contribution is 0.886. The van der Waals surface area contributed by atoms with Gasteiger partial charge in [0, 0.05) is 25.6 Å². The number of hydrogen-bond donors (Lipinski definition) is 0. The van der Waals surface area contributed by atoms with Gasteiger partial charge < -0.3 is 0 Å². The van der Waals surface area contributed by atoms with E-state index in [0.29, 0.717) is 5.25 Å². The number of rotatable bonds is 2. The van der Waals surface area contributed by atoms with Crippen molar-refractivity contribution in [2.24, 2.45) is 0 Å². The van der Waals surface area contributed by atoms with Gasteiger partial charge in [-0.1, -0.05) is 36.6 Å². The second-order valence-electron chi connectivity index (χ2n) is 5.71. The molecule has 1 saturated carbocycles. The smallest absolute Gasteiger partial charge is 0.195 e. The predicted octanol–water partition coefficient (Wildman–Crippen LogP) is 6.10. The average Bonchev–Trinajstić information content (AvgIpc) is 3.04. The first kappa shape index (κ1) is 14.6. The lowest BCUT2D eigenvalue weighted by Crippen LogP contribution is -2.01. The lowest BCUT2D eigenvalue weighted by atomic mass is 10.2. The molecule has 0 spiro atoms. The van der Waals surface area contributed by atoms with E-state index in [1.807, 2.05) is 48.2 Å². The molecule has 1 heterocycles. The summed E-state index contributed by atoms with van der Waals surface area (Å²) in [5.41, 5.74) is 0.0867. The maximum atomic E-state index is 12.6. The van der Waals surface area contributed by atoms with E-state index in [9.17, 15) is 4.79 Å². The Bertz CT molecular complexity index is 910. The standard InChI is InChI=1S/C18H15ClOS2/c19-16-15(21-11-5-1-2-6-11)10-9-13-17(20)12-7-3-4-8-14(12)22-18(13)16/h3-4,7-11H,1-2,5-6H2. The molecule has 1 fully saturated rings. The van der Waals surface area contributed by atoms with Crippen molar-refractivity contribution in [3.05, 3.63) is 51.6 Å². The van der Waals surface area contributed by atoms with Crippen LogP contribution >= 0.6 is 34.7 Å². The van der Waals surface area contributed by atoms with Crippen LogP contribution in [0.4, 0.5) is 0 Å². The minimum Gasteiger partial charge on any atom is -0.289 e. The van der Waals surface area contributed by atoms with Crippen molar-refractivity contribution < 1.29 is 0 Å². The molecule has 4 rings (SSSR count). The topological polar surface area (TPSA) is 17.1 Å². The van der Waals surface area contributed by atoms with Crippen molar-refractivity contribution >= 4 is 54.9 Å². The molecule has 2 aromatic carbocycles. The maximum Gasteiger partial charge on any atom is 0.195 e. The zero-order chi connectivity index (χ0) is 15.1. The molecule has 0 N–H and O–H groups in total.